The molecule has 7 nitrogen and oxygen atoms in total. The average molecular weight is 412 g/mol. The summed E-state index contributed by atoms with van der Waals surface area (Å²) >= 11 is 2.89. The van der Waals surface area contributed by atoms with Crippen molar-refractivity contribution >= 4 is 49.8 Å². The lowest BCUT2D eigenvalue weighted by Crippen LogP contribution is -2.06. The molecule has 0 fully saturated rings. The highest BCUT2D eigenvalue weighted by Crippen LogP contribution is 2.31. The number of carboxylic acid groups (broad SMARTS) is 1. The highest BCUT2D eigenvalue weighted by molar-refractivity contribution is 7.22. The van der Waals surface area contributed by atoms with Crippen LogP contribution in [0.3, 0.4) is 0 Å². The number of carboxylic acids is 1. The Morgan fingerprint density at radius 2 is 1.96 bits per heavy atom. The highest BCUT2D eigenvalue weighted by atomic mass is 32.1. The zero-order valence-electron chi connectivity index (χ0n) is 15.5. The number of para-hydroxylation sites is 1. The molecule has 0 saturated heterocycles. The maximum Gasteiger partial charge on any atom is 0.355 e. The van der Waals surface area contributed by atoms with Gasteiger partial charge in [0.1, 0.15) is 0 Å². The zero-order valence-corrected chi connectivity index (χ0v) is 17.1. The van der Waals surface area contributed by atoms with Gasteiger partial charge in [0.25, 0.3) is 0 Å². The van der Waals surface area contributed by atoms with Gasteiger partial charge in [-0.15, -0.1) is 16.4 Å². The van der Waals surface area contributed by atoms with Gasteiger partial charge in [-0.1, -0.05) is 23.5 Å². The number of rotatable bonds is 5. The Kier molecular flexibility index (Phi) is 4.78. The molecular weight excluding hydrogens is 394 g/mol. The number of hydrogen-bond acceptors (Lipinski definition) is 8. The Bertz CT molecular complexity index is 1200. The van der Waals surface area contributed by atoms with Crippen LogP contribution in [-0.4, -0.2) is 31.2 Å². The first-order chi connectivity index (χ1) is 13.4. The van der Waals surface area contributed by atoms with Crippen molar-refractivity contribution in [3.05, 3.63) is 56.7 Å². The number of carbonyl (C=O) groups is 1. The number of aromatic carboxylic acids is 1. The number of anilines is 2. The smallest absolute Gasteiger partial charge is 0.355 e. The zero-order chi connectivity index (χ0) is 19.8. The summed E-state index contributed by atoms with van der Waals surface area (Å²) in [4.78, 5) is 19.8. The molecule has 0 aliphatic heterocycles. The van der Waals surface area contributed by atoms with E-state index in [2.05, 4.69) is 31.5 Å². The van der Waals surface area contributed by atoms with E-state index in [1.807, 2.05) is 32.9 Å². The minimum atomic E-state index is -1.02. The van der Waals surface area contributed by atoms with Gasteiger partial charge in [0.05, 0.1) is 20.9 Å². The maximum absolute atomic E-state index is 11.0. The number of fused-ring (bicyclic) bond motifs is 1. The summed E-state index contributed by atoms with van der Waals surface area (Å²) in [5.74, 6) is -0.351. The molecule has 2 N–H and O–H groups in total. The van der Waals surface area contributed by atoms with Crippen LogP contribution in [0.15, 0.2) is 23.6 Å². The first kappa shape index (κ1) is 18.5. The summed E-state index contributed by atoms with van der Waals surface area (Å²) in [7, 11) is 0. The van der Waals surface area contributed by atoms with Crippen molar-refractivity contribution in [3.8, 4) is 0 Å². The molecule has 28 heavy (non-hydrogen) atoms. The summed E-state index contributed by atoms with van der Waals surface area (Å²) in [5.41, 5.74) is 4.96. The molecule has 1 aromatic carbocycles. The van der Waals surface area contributed by atoms with Crippen LogP contribution in [0.2, 0.25) is 0 Å². The molecule has 142 valence electrons. The average Bonchev–Trinajstić information content (AvgIpc) is 3.29. The summed E-state index contributed by atoms with van der Waals surface area (Å²) in [6, 6.07) is 6.12. The van der Waals surface area contributed by atoms with Crippen molar-refractivity contribution in [1.82, 2.24) is 20.2 Å². The molecular formula is C19H17N5O2S2. The molecule has 0 aliphatic carbocycles. The SMILES string of the molecule is Cc1c(Cc2nc(C(=O)O)cs2)nnc(Nc2nc3c(C)cccc3s2)c1C. The van der Waals surface area contributed by atoms with E-state index in [4.69, 9.17) is 5.11 Å². The normalized spacial score (nSPS) is 11.1. The third kappa shape index (κ3) is 3.46. The van der Waals surface area contributed by atoms with Crippen LogP contribution < -0.4 is 5.32 Å². The van der Waals surface area contributed by atoms with Crippen molar-refractivity contribution < 1.29 is 9.90 Å². The molecule has 0 saturated carbocycles. The lowest BCUT2D eigenvalue weighted by Gasteiger charge is -2.10. The van der Waals surface area contributed by atoms with Crippen LogP contribution in [0, 0.1) is 20.8 Å². The predicted octanol–water partition coefficient (Wildman–Crippen LogP) is 4.50. The van der Waals surface area contributed by atoms with Crippen molar-refractivity contribution in [2.24, 2.45) is 0 Å². The van der Waals surface area contributed by atoms with Gasteiger partial charge < -0.3 is 10.4 Å². The first-order valence-electron chi connectivity index (χ1n) is 8.56. The quantitative estimate of drug-likeness (QED) is 0.498. The van der Waals surface area contributed by atoms with Gasteiger partial charge in [-0.3, -0.25) is 0 Å². The van der Waals surface area contributed by atoms with Crippen molar-refractivity contribution in [2.75, 3.05) is 5.32 Å². The van der Waals surface area contributed by atoms with E-state index in [1.165, 1.54) is 11.3 Å². The fraction of sp³-hybridized carbons (Fsp3) is 0.211. The minimum Gasteiger partial charge on any atom is -0.476 e. The number of aryl methyl sites for hydroxylation is 1. The van der Waals surface area contributed by atoms with Gasteiger partial charge >= 0.3 is 5.97 Å². The number of thiazole rings is 2. The fourth-order valence-corrected chi connectivity index (χ4v) is 4.53. The van der Waals surface area contributed by atoms with E-state index in [0.717, 1.165) is 37.7 Å². The van der Waals surface area contributed by atoms with Crippen LogP contribution >= 0.6 is 22.7 Å². The highest BCUT2D eigenvalue weighted by Gasteiger charge is 2.15. The Hall–Kier alpha value is -2.91. The third-order valence-corrected chi connectivity index (χ3v) is 6.34. The number of nitrogens with zero attached hydrogens (tertiary/aromatic N) is 4. The molecule has 0 unspecified atom stereocenters. The molecule has 0 atom stereocenters. The maximum atomic E-state index is 11.0. The second-order valence-corrected chi connectivity index (χ2v) is 8.39. The minimum absolute atomic E-state index is 0.0618. The molecule has 3 aromatic heterocycles. The Morgan fingerprint density at radius 1 is 1.14 bits per heavy atom. The van der Waals surface area contributed by atoms with E-state index in [-0.39, 0.29) is 5.69 Å². The number of aromatic nitrogens is 4. The van der Waals surface area contributed by atoms with E-state index >= 15 is 0 Å². The van der Waals surface area contributed by atoms with Gasteiger partial charge in [0.15, 0.2) is 16.6 Å². The van der Waals surface area contributed by atoms with Crippen LogP contribution in [0.4, 0.5) is 10.9 Å². The van der Waals surface area contributed by atoms with Crippen LogP contribution in [0.1, 0.15) is 37.9 Å². The Balaban J connectivity index is 1.59. The van der Waals surface area contributed by atoms with Crippen LogP contribution in [0.25, 0.3) is 10.2 Å². The van der Waals surface area contributed by atoms with Gasteiger partial charge in [-0.25, -0.2) is 14.8 Å². The summed E-state index contributed by atoms with van der Waals surface area (Å²) in [6.45, 7) is 6.02. The van der Waals surface area contributed by atoms with Gasteiger partial charge in [0.2, 0.25) is 0 Å². The van der Waals surface area contributed by atoms with Crippen molar-refractivity contribution in [2.45, 2.75) is 27.2 Å². The molecule has 0 radical (unpaired) electrons. The Labute approximate surface area is 169 Å². The summed E-state index contributed by atoms with van der Waals surface area (Å²) in [6.07, 6.45) is 0.457. The lowest BCUT2D eigenvalue weighted by atomic mass is 10.1. The summed E-state index contributed by atoms with van der Waals surface area (Å²) < 4.78 is 1.12. The van der Waals surface area contributed by atoms with E-state index in [9.17, 15) is 4.79 Å². The first-order valence-corrected chi connectivity index (χ1v) is 10.3. The second-order valence-electron chi connectivity index (χ2n) is 6.42. The largest absolute Gasteiger partial charge is 0.476 e. The molecule has 0 amide bonds. The molecule has 4 aromatic rings. The molecule has 4 rings (SSSR count). The van der Waals surface area contributed by atoms with Crippen molar-refractivity contribution in [3.63, 3.8) is 0 Å². The van der Waals surface area contributed by atoms with Gasteiger partial charge in [-0.2, -0.15) is 5.10 Å². The number of benzene rings is 1. The molecule has 0 bridgehead atoms. The second kappa shape index (κ2) is 7.25. The lowest BCUT2D eigenvalue weighted by molar-refractivity contribution is 0.0691. The van der Waals surface area contributed by atoms with E-state index in [0.29, 0.717) is 17.2 Å². The Morgan fingerprint density at radius 3 is 2.68 bits per heavy atom. The predicted molar refractivity (Wildman–Crippen MR) is 111 cm³/mol. The molecule has 0 aliphatic rings. The van der Waals surface area contributed by atoms with Crippen LogP contribution in [0.5, 0.6) is 0 Å². The molecule has 3 heterocycles. The monoisotopic (exact) mass is 411 g/mol. The van der Waals surface area contributed by atoms with E-state index in [1.54, 1.807) is 16.7 Å². The van der Waals surface area contributed by atoms with E-state index < -0.39 is 5.97 Å². The number of hydrogen-bond donors (Lipinski definition) is 2. The standard InChI is InChI=1S/C19H17N5O2S2/c1-9-5-4-6-14-16(9)21-19(28-14)22-17-11(3)10(2)12(23-24-17)7-15-20-13(8-27-15)18(25)26/h4-6,8H,7H2,1-3H3,(H,25,26)(H,21,22,24). The summed E-state index contributed by atoms with van der Waals surface area (Å²) in [5, 5.41) is 24.0. The van der Waals surface area contributed by atoms with Gasteiger partial charge in [-0.05, 0) is 43.5 Å². The fourth-order valence-electron chi connectivity index (χ4n) is 2.82. The van der Waals surface area contributed by atoms with Crippen LogP contribution in [-0.2, 0) is 6.42 Å². The van der Waals surface area contributed by atoms with Gasteiger partial charge in [0, 0.05) is 11.8 Å². The number of nitrogens with one attached hydrogen (secondary N) is 1. The topological polar surface area (TPSA) is 101 Å². The molecule has 9 heteroatoms. The molecule has 0 spiro atoms. The third-order valence-electron chi connectivity index (χ3n) is 4.56. The van der Waals surface area contributed by atoms with Crippen molar-refractivity contribution in [1.29, 1.82) is 0 Å².